The van der Waals surface area contributed by atoms with Gasteiger partial charge >= 0.3 is 35.0 Å². The lowest BCUT2D eigenvalue weighted by Crippen LogP contribution is -2.06. The normalized spacial score (nSPS) is 8.62. The van der Waals surface area contributed by atoms with E-state index < -0.39 is 11.9 Å². The van der Waals surface area contributed by atoms with Crippen LogP contribution in [0.1, 0.15) is 20.7 Å². The van der Waals surface area contributed by atoms with Crippen molar-refractivity contribution in [3.63, 3.8) is 0 Å². The maximum absolute atomic E-state index is 10.5. The molecule has 0 atom stereocenters. The first-order chi connectivity index (χ1) is 5.63. The van der Waals surface area contributed by atoms with Gasteiger partial charge in [-0.3, -0.25) is 0 Å². The van der Waals surface area contributed by atoms with E-state index in [1.807, 2.05) is 0 Å². The van der Waals surface area contributed by atoms with E-state index >= 15 is 0 Å². The molecule has 1 aromatic rings. The number of carboxylic acid groups (broad SMARTS) is 2. The third kappa shape index (κ3) is 2.71. The van der Waals surface area contributed by atoms with Crippen molar-refractivity contribution < 1.29 is 19.8 Å². The minimum Gasteiger partial charge on any atom is -0.478 e. The number of hydrogen-bond donors (Lipinski definition) is 2. The van der Waals surface area contributed by atoms with Crippen LogP contribution in [0.2, 0.25) is 0 Å². The van der Waals surface area contributed by atoms with Gasteiger partial charge in [-0.25, -0.2) is 9.59 Å². The molecule has 0 aliphatic rings. The van der Waals surface area contributed by atoms with Gasteiger partial charge in [-0.1, -0.05) is 12.1 Å². The van der Waals surface area contributed by atoms with Crippen molar-refractivity contribution in [2.24, 2.45) is 0 Å². The van der Waals surface area contributed by atoms with Gasteiger partial charge in [-0.15, -0.1) is 0 Å². The third-order valence-electron chi connectivity index (χ3n) is 1.39. The van der Waals surface area contributed by atoms with E-state index in [0.29, 0.717) is 0 Å². The molecule has 0 heterocycles. The van der Waals surface area contributed by atoms with Crippen LogP contribution in [0.3, 0.4) is 0 Å². The Morgan fingerprint density at radius 1 is 0.923 bits per heavy atom. The lowest BCUT2D eigenvalue weighted by Gasteiger charge is -1.98. The fourth-order valence-electron chi connectivity index (χ4n) is 0.856. The molecule has 0 saturated heterocycles. The second-order valence-corrected chi connectivity index (χ2v) is 2.16. The molecule has 2 N–H and O–H groups in total. The van der Waals surface area contributed by atoms with Crippen LogP contribution in [0.15, 0.2) is 24.3 Å². The fraction of sp³-hybridized carbons (Fsp3) is 0. The molecule has 4 nitrogen and oxygen atoms in total. The summed E-state index contributed by atoms with van der Waals surface area (Å²) in [6.07, 6.45) is 0. The molecule has 0 amide bonds. The highest BCUT2D eigenvalue weighted by atomic mass is 24.3. The Labute approximate surface area is 90.3 Å². The maximum Gasteiger partial charge on any atom is 0.336 e. The molecule has 0 spiro atoms. The molecule has 66 valence electrons. The summed E-state index contributed by atoms with van der Waals surface area (Å²) < 4.78 is 0. The van der Waals surface area contributed by atoms with Crippen LogP contribution in [0.5, 0.6) is 0 Å². The van der Waals surface area contributed by atoms with Crippen molar-refractivity contribution in [1.29, 1.82) is 0 Å². The highest BCUT2D eigenvalue weighted by Gasteiger charge is 2.13. The summed E-state index contributed by atoms with van der Waals surface area (Å²) in [6.45, 7) is 0. The van der Waals surface area contributed by atoms with E-state index in [4.69, 9.17) is 10.2 Å². The van der Waals surface area contributed by atoms with Crippen LogP contribution < -0.4 is 0 Å². The van der Waals surface area contributed by atoms with Gasteiger partial charge in [0.15, 0.2) is 0 Å². The topological polar surface area (TPSA) is 74.6 Å². The van der Waals surface area contributed by atoms with E-state index in [1.54, 1.807) is 0 Å². The molecule has 1 aromatic carbocycles. The molecule has 0 aromatic heterocycles. The average Bonchev–Trinajstić information content (AvgIpc) is 2.04. The minimum atomic E-state index is -1.23. The Morgan fingerprint density at radius 3 is 1.46 bits per heavy atom. The van der Waals surface area contributed by atoms with Crippen molar-refractivity contribution >= 4 is 35.0 Å². The zero-order valence-corrected chi connectivity index (χ0v) is 6.02. The molecule has 0 saturated carbocycles. The van der Waals surface area contributed by atoms with E-state index in [0.717, 1.165) is 0 Å². The highest BCUT2D eigenvalue weighted by molar-refractivity contribution is 6.01. The Bertz CT molecular complexity index is 302. The number of carboxylic acids is 2. The number of benzene rings is 1. The maximum atomic E-state index is 10.5. The second-order valence-electron chi connectivity index (χ2n) is 2.16. The molecule has 0 aliphatic heterocycles. The smallest absolute Gasteiger partial charge is 0.336 e. The Hall–Kier alpha value is -1.07. The Balaban J connectivity index is 0.00000144. The summed E-state index contributed by atoms with van der Waals surface area (Å²) in [5, 5.41) is 17.1. The zero-order valence-electron chi connectivity index (χ0n) is 6.02. The monoisotopic (exact) mass is 192 g/mol. The van der Waals surface area contributed by atoms with Crippen LogP contribution in [0.25, 0.3) is 0 Å². The molecule has 0 bridgehead atoms. The van der Waals surface area contributed by atoms with Crippen molar-refractivity contribution in [3.05, 3.63) is 35.4 Å². The van der Waals surface area contributed by atoms with Crippen LogP contribution >= 0.6 is 0 Å². The van der Waals surface area contributed by atoms with Crippen LogP contribution in [-0.2, 0) is 0 Å². The first-order valence-electron chi connectivity index (χ1n) is 3.18. The molecule has 0 unspecified atom stereocenters. The predicted octanol–water partition coefficient (Wildman–Crippen LogP) is 0.167. The standard InChI is InChI=1S/C8H6O4.Mg.2H/c9-7(10)5-3-1-2-4-6(5)8(11)12;;;/h1-4H,(H,9,10)(H,11,12);;;. The van der Waals surface area contributed by atoms with Crippen molar-refractivity contribution in [2.45, 2.75) is 0 Å². The van der Waals surface area contributed by atoms with Gasteiger partial charge in [0, 0.05) is 0 Å². The summed E-state index contributed by atoms with van der Waals surface area (Å²) >= 11 is 0. The van der Waals surface area contributed by atoms with E-state index in [-0.39, 0.29) is 34.2 Å². The van der Waals surface area contributed by atoms with E-state index in [2.05, 4.69) is 0 Å². The summed E-state index contributed by atoms with van der Waals surface area (Å²) in [7, 11) is 0. The molecule has 13 heavy (non-hydrogen) atoms. The number of carbonyl (C=O) groups is 2. The summed E-state index contributed by atoms with van der Waals surface area (Å²) in [4.78, 5) is 20.9. The molecular weight excluding hydrogens is 184 g/mol. The van der Waals surface area contributed by atoms with Gasteiger partial charge in [-0.05, 0) is 12.1 Å². The molecule has 0 radical (unpaired) electrons. The number of rotatable bonds is 2. The van der Waals surface area contributed by atoms with Crippen LogP contribution in [-0.4, -0.2) is 45.2 Å². The van der Waals surface area contributed by atoms with Gasteiger partial charge in [0.1, 0.15) is 0 Å². The lowest BCUT2D eigenvalue weighted by molar-refractivity contribution is 0.0651. The average molecular weight is 192 g/mol. The predicted molar refractivity (Wildman–Crippen MR) is 48.9 cm³/mol. The molecular formula is C8H8MgO4. The van der Waals surface area contributed by atoms with Crippen molar-refractivity contribution in [2.75, 3.05) is 0 Å². The third-order valence-corrected chi connectivity index (χ3v) is 1.39. The van der Waals surface area contributed by atoms with Crippen molar-refractivity contribution in [1.82, 2.24) is 0 Å². The summed E-state index contributed by atoms with van der Waals surface area (Å²) in [6, 6.07) is 5.48. The summed E-state index contributed by atoms with van der Waals surface area (Å²) in [5.74, 6) is -2.46. The second kappa shape index (κ2) is 4.83. The Kier molecular flexibility index (Phi) is 4.43. The quantitative estimate of drug-likeness (QED) is 0.655. The van der Waals surface area contributed by atoms with E-state index in [9.17, 15) is 9.59 Å². The van der Waals surface area contributed by atoms with Crippen molar-refractivity contribution in [3.8, 4) is 0 Å². The highest BCUT2D eigenvalue weighted by Crippen LogP contribution is 2.07. The molecule has 0 fully saturated rings. The van der Waals surface area contributed by atoms with Gasteiger partial charge in [0.05, 0.1) is 11.1 Å². The molecule has 0 aliphatic carbocycles. The number of hydrogen-bond acceptors (Lipinski definition) is 2. The molecule has 5 heteroatoms. The fourth-order valence-corrected chi connectivity index (χ4v) is 0.856. The molecule has 1 rings (SSSR count). The summed E-state index contributed by atoms with van der Waals surface area (Å²) in [5.41, 5.74) is -0.380. The SMILES string of the molecule is O=C(O)c1ccccc1C(=O)O.[MgH2]. The first kappa shape index (κ1) is 11.9. The van der Waals surface area contributed by atoms with Gasteiger partial charge in [-0.2, -0.15) is 0 Å². The zero-order chi connectivity index (χ0) is 9.14. The lowest BCUT2D eigenvalue weighted by atomic mass is 10.1. The first-order valence-corrected chi connectivity index (χ1v) is 3.18. The van der Waals surface area contributed by atoms with Gasteiger partial charge in [0.25, 0.3) is 0 Å². The van der Waals surface area contributed by atoms with Gasteiger partial charge < -0.3 is 10.2 Å². The largest absolute Gasteiger partial charge is 0.478 e. The van der Waals surface area contributed by atoms with Gasteiger partial charge in [0.2, 0.25) is 0 Å². The van der Waals surface area contributed by atoms with Crippen LogP contribution in [0, 0.1) is 0 Å². The van der Waals surface area contributed by atoms with E-state index in [1.165, 1.54) is 24.3 Å². The Morgan fingerprint density at radius 2 is 1.23 bits per heavy atom. The van der Waals surface area contributed by atoms with Crippen LogP contribution in [0.4, 0.5) is 0 Å². The number of aromatic carboxylic acids is 2. The minimum absolute atomic E-state index is 0.